The van der Waals surface area contributed by atoms with E-state index in [9.17, 15) is 28.7 Å². The number of aryl methyl sites for hydroxylation is 4. The molecule has 1 aliphatic carbocycles. The van der Waals surface area contributed by atoms with Crippen molar-refractivity contribution in [3.8, 4) is 11.1 Å². The van der Waals surface area contributed by atoms with Crippen LogP contribution in [0.15, 0.2) is 47.4 Å². The van der Waals surface area contributed by atoms with Crippen molar-refractivity contribution in [1.82, 2.24) is 20.1 Å². The Hall–Kier alpha value is -4.38. The van der Waals surface area contributed by atoms with Gasteiger partial charge in [-0.25, -0.2) is 8.78 Å². The Balaban J connectivity index is 1.32. The number of pyridine rings is 1. The molecule has 2 atom stereocenters. The lowest BCUT2D eigenvalue weighted by Crippen LogP contribution is -2.55. The van der Waals surface area contributed by atoms with E-state index in [-0.39, 0.29) is 29.0 Å². The Labute approximate surface area is 298 Å². The Morgan fingerprint density at radius 2 is 1.61 bits per heavy atom. The molecule has 51 heavy (non-hydrogen) atoms. The minimum absolute atomic E-state index is 0.0407. The van der Waals surface area contributed by atoms with Gasteiger partial charge in [-0.15, -0.1) is 0 Å². The van der Waals surface area contributed by atoms with Crippen LogP contribution in [0.25, 0.3) is 11.1 Å². The third-order valence-corrected chi connectivity index (χ3v) is 10.4. The van der Waals surface area contributed by atoms with Crippen molar-refractivity contribution < 1.29 is 28.3 Å². The first-order valence-electron chi connectivity index (χ1n) is 18.0. The van der Waals surface area contributed by atoms with Gasteiger partial charge in [0.05, 0.1) is 12.5 Å². The van der Waals surface area contributed by atoms with Crippen LogP contribution in [0.4, 0.5) is 8.78 Å². The van der Waals surface area contributed by atoms with Gasteiger partial charge in [-0.2, -0.15) is 0 Å². The molecule has 1 spiro atoms. The van der Waals surface area contributed by atoms with E-state index in [2.05, 4.69) is 15.5 Å². The summed E-state index contributed by atoms with van der Waals surface area (Å²) in [5.74, 6) is -3.84. The molecule has 2 amide bonds. The summed E-state index contributed by atoms with van der Waals surface area (Å²) in [6.07, 6.45) is 7.20. The van der Waals surface area contributed by atoms with Crippen molar-refractivity contribution >= 4 is 17.8 Å². The Morgan fingerprint density at radius 3 is 2.24 bits per heavy atom. The van der Waals surface area contributed by atoms with Gasteiger partial charge in [0.1, 0.15) is 23.2 Å². The highest BCUT2D eigenvalue weighted by Crippen LogP contribution is 2.45. The van der Waals surface area contributed by atoms with Gasteiger partial charge in [-0.05, 0) is 129 Å². The maximum absolute atomic E-state index is 15.8. The van der Waals surface area contributed by atoms with Crippen LogP contribution in [0, 0.1) is 43.7 Å². The third kappa shape index (κ3) is 8.92. The number of hydrogen-bond acceptors (Lipinski definition) is 5. The smallest absolute Gasteiger partial charge is 0.305 e. The van der Waals surface area contributed by atoms with E-state index in [4.69, 9.17) is 0 Å². The molecule has 5 rings (SSSR count). The molecule has 0 radical (unpaired) electrons. The van der Waals surface area contributed by atoms with E-state index in [1.807, 2.05) is 13.8 Å². The van der Waals surface area contributed by atoms with E-state index < -0.39 is 53.5 Å². The highest BCUT2D eigenvalue weighted by molar-refractivity contribution is 5.97. The molecule has 9 nitrogen and oxygen atoms in total. The molecule has 1 aromatic heterocycles. The molecule has 1 aliphatic heterocycles. The van der Waals surface area contributed by atoms with Crippen molar-refractivity contribution in [2.45, 2.75) is 98.2 Å². The topological polar surface area (TPSA) is 121 Å². The van der Waals surface area contributed by atoms with Crippen molar-refractivity contribution in [2.24, 2.45) is 11.3 Å². The quantitative estimate of drug-likeness (QED) is 0.177. The molecule has 274 valence electrons. The zero-order valence-corrected chi connectivity index (χ0v) is 30.3. The number of carboxylic acid groups (broad SMARTS) is 1. The fourth-order valence-corrected chi connectivity index (χ4v) is 8.04. The molecular weight excluding hydrogens is 654 g/mol. The summed E-state index contributed by atoms with van der Waals surface area (Å²) in [4.78, 5) is 55.2. The number of amides is 2. The van der Waals surface area contributed by atoms with Gasteiger partial charge in [-0.1, -0.05) is 26.7 Å². The molecule has 1 saturated carbocycles. The maximum atomic E-state index is 15.8. The number of benzene rings is 2. The summed E-state index contributed by atoms with van der Waals surface area (Å²) in [5, 5.41) is 15.2. The van der Waals surface area contributed by atoms with Crippen molar-refractivity contribution in [3.05, 3.63) is 92.4 Å². The lowest BCUT2D eigenvalue weighted by molar-refractivity contribution is -0.137. The molecule has 0 bridgehead atoms. The number of nitrogens with zero attached hydrogens (tertiary/aromatic N) is 2. The number of nitrogens with one attached hydrogen (secondary N) is 2. The largest absolute Gasteiger partial charge is 0.481 e. The van der Waals surface area contributed by atoms with Gasteiger partial charge in [0, 0.05) is 31.4 Å². The number of carbonyl (C=O) groups excluding carboxylic acids is 2. The zero-order valence-electron chi connectivity index (χ0n) is 30.3. The SMILES string of the molecule is Cc1cc(-c2c(C)cc(F)cc2C)cc([C@H](CC(=O)O)NC(=O)[C@H](CC(C)C)NC(=O)c2cccn(CCCN3CC4(CCCC4)C3)c2=O)c1F. The van der Waals surface area contributed by atoms with E-state index in [1.54, 1.807) is 39.1 Å². The first-order valence-corrected chi connectivity index (χ1v) is 18.0. The third-order valence-electron chi connectivity index (χ3n) is 10.4. The minimum Gasteiger partial charge on any atom is -0.481 e. The molecular formula is C40H50F2N4O5. The van der Waals surface area contributed by atoms with Crippen molar-refractivity contribution in [3.63, 3.8) is 0 Å². The summed E-state index contributed by atoms with van der Waals surface area (Å²) < 4.78 is 31.3. The average Bonchev–Trinajstić information content (AvgIpc) is 3.52. The highest BCUT2D eigenvalue weighted by atomic mass is 19.1. The van der Waals surface area contributed by atoms with Crippen LogP contribution in [0.1, 0.15) is 97.4 Å². The predicted octanol–water partition coefficient (Wildman–Crippen LogP) is 6.46. The number of aliphatic carboxylic acids is 1. The van der Waals surface area contributed by atoms with Crippen molar-refractivity contribution in [1.29, 1.82) is 0 Å². The van der Waals surface area contributed by atoms with Crippen LogP contribution < -0.4 is 16.2 Å². The van der Waals surface area contributed by atoms with Crippen LogP contribution in [0.2, 0.25) is 0 Å². The van der Waals surface area contributed by atoms with E-state index in [0.29, 0.717) is 34.2 Å². The summed E-state index contributed by atoms with van der Waals surface area (Å²) >= 11 is 0. The number of hydrogen-bond donors (Lipinski definition) is 3. The minimum atomic E-state index is -1.29. The van der Waals surface area contributed by atoms with Gasteiger partial charge < -0.3 is 25.2 Å². The summed E-state index contributed by atoms with van der Waals surface area (Å²) in [7, 11) is 0. The highest BCUT2D eigenvalue weighted by Gasteiger charge is 2.44. The number of carboxylic acids is 1. The van der Waals surface area contributed by atoms with Gasteiger partial charge in [-0.3, -0.25) is 19.2 Å². The molecule has 3 N–H and O–H groups in total. The first-order chi connectivity index (χ1) is 24.2. The number of rotatable bonds is 14. The fourth-order valence-electron chi connectivity index (χ4n) is 8.04. The molecule has 0 unspecified atom stereocenters. The van der Waals surface area contributed by atoms with Crippen LogP contribution in [0.3, 0.4) is 0 Å². The number of aromatic nitrogens is 1. The average molecular weight is 705 g/mol. The molecule has 3 aromatic rings. The summed E-state index contributed by atoms with van der Waals surface area (Å²) in [6.45, 7) is 12.3. The number of carbonyl (C=O) groups is 3. The number of likely N-dealkylation sites (tertiary alicyclic amines) is 1. The lowest BCUT2D eigenvalue weighted by Gasteiger charge is -2.48. The second kappa shape index (κ2) is 15.9. The van der Waals surface area contributed by atoms with Crippen LogP contribution in [-0.2, 0) is 16.1 Å². The first kappa shape index (κ1) is 37.9. The normalized spacial score (nSPS) is 16.5. The molecule has 11 heteroatoms. The van der Waals surface area contributed by atoms with Crippen LogP contribution >= 0.6 is 0 Å². The van der Waals surface area contributed by atoms with Gasteiger partial charge >= 0.3 is 5.97 Å². The standard InChI is InChI=1S/C40H50F2N4O5/c1-24(2)16-33(44-37(49)30-10-8-14-46(39(30)51)15-9-13-45-22-40(23-45)11-6-7-12-40)38(50)43-32(21-34(47)48)31-20-28(17-27(5)36(31)42)35-25(3)18-29(41)19-26(35)4/h8,10,14,17-20,24,32-33H,6-7,9,11-13,15-16,21-23H2,1-5H3,(H,43,50)(H,44,49)(H,47,48)/t32-,33-/m0/s1. The molecule has 2 heterocycles. The van der Waals surface area contributed by atoms with Gasteiger partial charge in [0.15, 0.2) is 0 Å². The van der Waals surface area contributed by atoms with Gasteiger partial charge in [0.2, 0.25) is 5.91 Å². The molecule has 1 saturated heterocycles. The number of halogens is 2. The monoisotopic (exact) mass is 704 g/mol. The maximum Gasteiger partial charge on any atom is 0.305 e. The van der Waals surface area contributed by atoms with Crippen LogP contribution in [0.5, 0.6) is 0 Å². The van der Waals surface area contributed by atoms with E-state index >= 15 is 4.39 Å². The second-order valence-corrected chi connectivity index (χ2v) is 15.1. The Kier molecular flexibility index (Phi) is 11.8. The second-order valence-electron chi connectivity index (χ2n) is 15.1. The van der Waals surface area contributed by atoms with Gasteiger partial charge in [0.25, 0.3) is 11.5 Å². The molecule has 2 fully saturated rings. The van der Waals surface area contributed by atoms with E-state index in [0.717, 1.165) is 26.1 Å². The van der Waals surface area contributed by atoms with E-state index in [1.165, 1.54) is 54.5 Å². The van der Waals surface area contributed by atoms with Crippen molar-refractivity contribution in [2.75, 3.05) is 19.6 Å². The predicted molar refractivity (Wildman–Crippen MR) is 193 cm³/mol. The summed E-state index contributed by atoms with van der Waals surface area (Å²) in [5.41, 5.74) is 2.60. The fraction of sp³-hybridized carbons (Fsp3) is 0.500. The summed E-state index contributed by atoms with van der Waals surface area (Å²) in [6, 6.07) is 6.48. The zero-order chi connectivity index (χ0) is 37.0. The lowest BCUT2D eigenvalue weighted by atomic mass is 9.78. The van der Waals surface area contributed by atoms with Crippen LogP contribution in [-0.4, -0.2) is 58.0 Å². The Bertz CT molecular complexity index is 1820. The Morgan fingerprint density at radius 1 is 0.941 bits per heavy atom. The molecule has 2 aliphatic rings. The molecule has 2 aromatic carbocycles.